The second-order valence-corrected chi connectivity index (χ2v) is 9.99. The molecule has 0 atom stereocenters. The lowest BCUT2D eigenvalue weighted by Gasteiger charge is -2.31. The van der Waals surface area contributed by atoms with E-state index in [4.69, 9.17) is 4.98 Å². The van der Waals surface area contributed by atoms with Gasteiger partial charge in [-0.3, -0.25) is 4.98 Å². The highest BCUT2D eigenvalue weighted by atomic mass is 32.2. The van der Waals surface area contributed by atoms with Crippen LogP contribution in [0.15, 0.2) is 77.7 Å². The van der Waals surface area contributed by atoms with Gasteiger partial charge in [0.25, 0.3) is 0 Å². The second kappa shape index (κ2) is 7.49. The molecule has 0 saturated carbocycles. The van der Waals surface area contributed by atoms with Crippen LogP contribution in [0.25, 0.3) is 21.7 Å². The highest BCUT2D eigenvalue weighted by molar-refractivity contribution is 7.89. The van der Waals surface area contributed by atoms with E-state index < -0.39 is 10.0 Å². The summed E-state index contributed by atoms with van der Waals surface area (Å²) in [4.78, 5) is 5.39. The largest absolute Gasteiger partial charge is 0.252 e. The predicted octanol–water partition coefficient (Wildman–Crippen LogP) is 5.26. The molecule has 0 N–H and O–H groups in total. The Hall–Kier alpha value is -2.76. The molecule has 0 bridgehead atoms. The van der Waals surface area contributed by atoms with Crippen LogP contribution >= 0.6 is 0 Å². The number of nitrogens with zero attached hydrogens (tertiary/aromatic N) is 2. The van der Waals surface area contributed by atoms with Crippen LogP contribution in [0.2, 0.25) is 0 Å². The lowest BCUT2D eigenvalue weighted by molar-refractivity contribution is 0.318. The van der Waals surface area contributed by atoms with Crippen molar-refractivity contribution in [3.63, 3.8) is 0 Å². The van der Waals surface area contributed by atoms with Gasteiger partial charge in [0.15, 0.2) is 0 Å². The van der Waals surface area contributed by atoms with Gasteiger partial charge in [-0.2, -0.15) is 4.31 Å². The van der Waals surface area contributed by atoms with Gasteiger partial charge >= 0.3 is 0 Å². The first-order valence-corrected chi connectivity index (χ1v) is 11.8. The van der Waals surface area contributed by atoms with Crippen molar-refractivity contribution in [1.29, 1.82) is 0 Å². The second-order valence-electron chi connectivity index (χ2n) is 8.05. The van der Waals surface area contributed by atoms with Gasteiger partial charge in [-0.05, 0) is 43.4 Å². The van der Waals surface area contributed by atoms with E-state index in [1.54, 1.807) is 16.4 Å². The fourth-order valence-electron chi connectivity index (χ4n) is 4.47. The molecule has 5 rings (SSSR count). The summed E-state index contributed by atoms with van der Waals surface area (Å²) in [5.41, 5.74) is 3.15. The zero-order valence-corrected chi connectivity index (χ0v) is 17.8. The van der Waals surface area contributed by atoms with Crippen molar-refractivity contribution in [2.24, 2.45) is 0 Å². The lowest BCUT2D eigenvalue weighted by atomic mass is 9.90. The SMILES string of the molecule is Cc1ccc(S(=O)(=O)N2CCC(c3nc4ccccc4c4ccccc34)CC2)cc1. The van der Waals surface area contributed by atoms with E-state index in [2.05, 4.69) is 36.4 Å². The summed E-state index contributed by atoms with van der Waals surface area (Å²) in [6.07, 6.45) is 1.56. The third-order valence-electron chi connectivity index (χ3n) is 6.14. The van der Waals surface area contributed by atoms with Crippen LogP contribution in [0.1, 0.15) is 30.0 Å². The topological polar surface area (TPSA) is 50.3 Å². The summed E-state index contributed by atoms with van der Waals surface area (Å²) in [5, 5.41) is 3.56. The molecule has 5 heteroatoms. The monoisotopic (exact) mass is 416 g/mol. The van der Waals surface area contributed by atoms with Crippen LogP contribution in [0, 0.1) is 6.92 Å². The first-order valence-electron chi connectivity index (χ1n) is 10.4. The van der Waals surface area contributed by atoms with Crippen LogP contribution in [0.5, 0.6) is 0 Å². The number of aryl methyl sites for hydroxylation is 1. The van der Waals surface area contributed by atoms with Gasteiger partial charge < -0.3 is 0 Å². The van der Waals surface area contributed by atoms with E-state index in [1.165, 1.54) is 10.8 Å². The van der Waals surface area contributed by atoms with Crippen LogP contribution in [0.4, 0.5) is 0 Å². The fraction of sp³-hybridized carbons (Fsp3) is 0.240. The van der Waals surface area contributed by atoms with Crippen molar-refractivity contribution in [2.45, 2.75) is 30.6 Å². The summed E-state index contributed by atoms with van der Waals surface area (Å²) in [6.45, 7) is 3.00. The lowest BCUT2D eigenvalue weighted by Crippen LogP contribution is -2.38. The third-order valence-corrected chi connectivity index (χ3v) is 8.05. The minimum absolute atomic E-state index is 0.254. The molecular weight excluding hydrogens is 392 g/mol. The van der Waals surface area contributed by atoms with E-state index in [9.17, 15) is 8.42 Å². The van der Waals surface area contributed by atoms with Crippen molar-refractivity contribution >= 4 is 31.7 Å². The average molecular weight is 417 g/mol. The highest BCUT2D eigenvalue weighted by Gasteiger charge is 2.31. The summed E-state index contributed by atoms with van der Waals surface area (Å²) in [6, 6.07) is 23.8. The molecule has 1 aliphatic rings. The van der Waals surface area contributed by atoms with Crippen LogP contribution < -0.4 is 0 Å². The Balaban J connectivity index is 1.45. The molecule has 0 radical (unpaired) electrons. The Labute approximate surface area is 177 Å². The number of hydrogen-bond donors (Lipinski definition) is 0. The number of aromatic nitrogens is 1. The molecule has 2 heterocycles. The standard InChI is InChI=1S/C25H24N2O2S/c1-18-10-12-20(13-11-18)30(28,29)27-16-14-19(15-17-27)25-23-8-3-2-6-21(23)22-7-4-5-9-24(22)26-25/h2-13,19H,14-17H2,1H3. The van der Waals surface area contributed by atoms with Gasteiger partial charge in [0, 0.05) is 29.8 Å². The van der Waals surface area contributed by atoms with Gasteiger partial charge in [-0.25, -0.2) is 8.42 Å². The van der Waals surface area contributed by atoms with Crippen LogP contribution in [-0.2, 0) is 10.0 Å². The van der Waals surface area contributed by atoms with Crippen molar-refractivity contribution in [2.75, 3.05) is 13.1 Å². The average Bonchev–Trinajstić information content (AvgIpc) is 2.79. The van der Waals surface area contributed by atoms with Crippen molar-refractivity contribution in [3.8, 4) is 0 Å². The van der Waals surface area contributed by atoms with Crippen molar-refractivity contribution < 1.29 is 8.42 Å². The molecule has 0 spiro atoms. The van der Waals surface area contributed by atoms with E-state index in [0.29, 0.717) is 18.0 Å². The summed E-state index contributed by atoms with van der Waals surface area (Å²) in [7, 11) is -3.45. The predicted molar refractivity (Wildman–Crippen MR) is 121 cm³/mol. The molecular formula is C25H24N2O2S. The number of hydrogen-bond acceptors (Lipinski definition) is 3. The van der Waals surface area contributed by atoms with E-state index >= 15 is 0 Å². The van der Waals surface area contributed by atoms with Crippen molar-refractivity contribution in [1.82, 2.24) is 9.29 Å². The number of sulfonamides is 1. The summed E-state index contributed by atoms with van der Waals surface area (Å²) < 4.78 is 27.7. The first-order chi connectivity index (χ1) is 14.5. The van der Waals surface area contributed by atoms with Crippen LogP contribution in [0.3, 0.4) is 0 Å². The molecule has 152 valence electrons. The maximum atomic E-state index is 13.0. The third kappa shape index (κ3) is 3.28. The fourth-order valence-corrected chi connectivity index (χ4v) is 5.94. The number of pyridine rings is 1. The Bertz CT molecular complexity index is 1320. The Morgan fingerprint density at radius 1 is 0.800 bits per heavy atom. The van der Waals surface area contributed by atoms with Gasteiger partial charge in [0.1, 0.15) is 0 Å². The molecule has 30 heavy (non-hydrogen) atoms. The zero-order valence-electron chi connectivity index (χ0n) is 17.0. The van der Waals surface area contributed by atoms with Gasteiger partial charge in [-0.1, -0.05) is 60.2 Å². The Morgan fingerprint density at radius 2 is 1.40 bits per heavy atom. The van der Waals surface area contributed by atoms with E-state index in [0.717, 1.165) is 35.0 Å². The molecule has 1 saturated heterocycles. The molecule has 4 aromatic rings. The zero-order chi connectivity index (χ0) is 20.7. The first kappa shape index (κ1) is 19.2. The summed E-state index contributed by atoms with van der Waals surface area (Å²) >= 11 is 0. The summed E-state index contributed by atoms with van der Waals surface area (Å²) in [5.74, 6) is 0.254. The molecule has 4 nitrogen and oxygen atoms in total. The molecule has 0 unspecified atom stereocenters. The number of para-hydroxylation sites is 1. The maximum Gasteiger partial charge on any atom is 0.243 e. The number of rotatable bonds is 3. The van der Waals surface area contributed by atoms with Crippen LogP contribution in [-0.4, -0.2) is 30.8 Å². The minimum atomic E-state index is -3.45. The Kier molecular flexibility index (Phi) is 4.80. The van der Waals surface area contributed by atoms with E-state index in [1.807, 2.05) is 31.2 Å². The molecule has 3 aromatic carbocycles. The van der Waals surface area contributed by atoms with Crippen molar-refractivity contribution in [3.05, 3.63) is 84.1 Å². The van der Waals surface area contributed by atoms with Gasteiger partial charge in [0.05, 0.1) is 16.1 Å². The number of piperidine rings is 1. The molecule has 0 aliphatic carbocycles. The van der Waals surface area contributed by atoms with E-state index in [-0.39, 0.29) is 5.92 Å². The number of benzene rings is 3. The molecule has 0 amide bonds. The maximum absolute atomic E-state index is 13.0. The molecule has 1 aliphatic heterocycles. The van der Waals surface area contributed by atoms with Gasteiger partial charge in [0.2, 0.25) is 10.0 Å². The number of fused-ring (bicyclic) bond motifs is 3. The Morgan fingerprint density at radius 3 is 2.10 bits per heavy atom. The normalized spacial score (nSPS) is 16.3. The molecule has 1 aromatic heterocycles. The van der Waals surface area contributed by atoms with Gasteiger partial charge in [-0.15, -0.1) is 0 Å². The quantitative estimate of drug-likeness (QED) is 0.428. The highest BCUT2D eigenvalue weighted by Crippen LogP contribution is 2.36. The smallest absolute Gasteiger partial charge is 0.243 e. The molecule has 1 fully saturated rings. The minimum Gasteiger partial charge on any atom is -0.252 e.